The minimum absolute atomic E-state index is 0.527. The van der Waals surface area contributed by atoms with Crippen molar-refractivity contribution in [2.45, 2.75) is 12.1 Å². The Bertz CT molecular complexity index is 410. The van der Waals surface area contributed by atoms with Crippen molar-refractivity contribution in [3.05, 3.63) is 35.4 Å². The van der Waals surface area contributed by atoms with E-state index < -0.39 is 24.0 Å². The Hall–Kier alpha value is -1.92. The first-order chi connectivity index (χ1) is 8.51. The molecule has 1 aromatic carbocycles. The Morgan fingerprint density at radius 1 is 1.00 bits per heavy atom. The molecule has 0 aromatic heterocycles. The van der Waals surface area contributed by atoms with Crippen LogP contribution in [-0.4, -0.2) is 26.2 Å². The standard InChI is InChI=1S/C12H16N2O4/c1-17-11(15)9(13)7-4-3-5-8(6-7)10(14)12(16)18-2/h3-6,9-10H,13-14H2,1-2H3. The lowest BCUT2D eigenvalue weighted by Crippen LogP contribution is -2.25. The molecule has 0 aliphatic rings. The zero-order chi connectivity index (χ0) is 13.7. The van der Waals surface area contributed by atoms with Crippen molar-refractivity contribution < 1.29 is 19.1 Å². The average Bonchev–Trinajstić information content (AvgIpc) is 2.43. The fourth-order valence-electron chi connectivity index (χ4n) is 1.47. The number of hydrogen-bond donors (Lipinski definition) is 2. The Balaban J connectivity index is 2.99. The molecule has 2 atom stereocenters. The van der Waals surface area contributed by atoms with Crippen molar-refractivity contribution in [1.82, 2.24) is 0 Å². The highest BCUT2D eigenvalue weighted by Crippen LogP contribution is 2.18. The van der Waals surface area contributed by atoms with E-state index in [1.165, 1.54) is 14.2 Å². The summed E-state index contributed by atoms with van der Waals surface area (Å²) in [6.45, 7) is 0. The monoisotopic (exact) mass is 252 g/mol. The fraction of sp³-hybridized carbons (Fsp3) is 0.333. The zero-order valence-electron chi connectivity index (χ0n) is 10.3. The number of nitrogens with two attached hydrogens (primary N) is 2. The van der Waals surface area contributed by atoms with Gasteiger partial charge in [0.2, 0.25) is 0 Å². The van der Waals surface area contributed by atoms with Gasteiger partial charge in [-0.2, -0.15) is 0 Å². The van der Waals surface area contributed by atoms with E-state index in [0.717, 1.165) is 0 Å². The zero-order valence-corrected chi connectivity index (χ0v) is 10.3. The van der Waals surface area contributed by atoms with Crippen molar-refractivity contribution in [1.29, 1.82) is 0 Å². The van der Waals surface area contributed by atoms with Crippen molar-refractivity contribution >= 4 is 11.9 Å². The summed E-state index contributed by atoms with van der Waals surface area (Å²) < 4.78 is 9.10. The molecule has 98 valence electrons. The SMILES string of the molecule is COC(=O)C(N)c1cccc(C(N)C(=O)OC)c1. The molecular formula is C12H16N2O4. The molecule has 0 aliphatic carbocycles. The van der Waals surface area contributed by atoms with Gasteiger partial charge >= 0.3 is 11.9 Å². The number of carbonyl (C=O) groups excluding carboxylic acids is 2. The third-order valence-electron chi connectivity index (χ3n) is 2.54. The quantitative estimate of drug-likeness (QED) is 0.733. The lowest BCUT2D eigenvalue weighted by atomic mass is 10.0. The van der Waals surface area contributed by atoms with E-state index in [2.05, 4.69) is 9.47 Å². The molecule has 0 radical (unpaired) electrons. The molecule has 0 saturated heterocycles. The highest BCUT2D eigenvalue weighted by molar-refractivity contribution is 5.79. The number of carbonyl (C=O) groups is 2. The van der Waals surface area contributed by atoms with Crippen LogP contribution in [0.3, 0.4) is 0 Å². The summed E-state index contributed by atoms with van der Waals surface area (Å²) in [5.74, 6) is -1.11. The van der Waals surface area contributed by atoms with Crippen LogP contribution in [0.4, 0.5) is 0 Å². The van der Waals surface area contributed by atoms with Gasteiger partial charge in [-0.25, -0.2) is 0 Å². The first-order valence-corrected chi connectivity index (χ1v) is 5.28. The maximum Gasteiger partial charge on any atom is 0.327 e. The second-order valence-electron chi connectivity index (χ2n) is 3.67. The van der Waals surface area contributed by atoms with Crippen molar-refractivity contribution in [3.8, 4) is 0 Å². The second kappa shape index (κ2) is 6.13. The van der Waals surface area contributed by atoms with Crippen LogP contribution in [0.15, 0.2) is 24.3 Å². The third kappa shape index (κ3) is 3.06. The largest absolute Gasteiger partial charge is 0.468 e. The maximum absolute atomic E-state index is 11.3. The Morgan fingerprint density at radius 2 is 1.39 bits per heavy atom. The number of esters is 2. The van der Waals surface area contributed by atoms with Gasteiger partial charge in [-0.15, -0.1) is 0 Å². The molecule has 4 N–H and O–H groups in total. The predicted molar refractivity (Wildman–Crippen MR) is 64.3 cm³/mol. The van der Waals surface area contributed by atoms with Crippen molar-refractivity contribution in [2.75, 3.05) is 14.2 Å². The van der Waals surface area contributed by atoms with Crippen molar-refractivity contribution in [2.24, 2.45) is 11.5 Å². The Kier molecular flexibility index (Phi) is 4.82. The normalized spacial score (nSPS) is 13.6. The molecule has 0 heterocycles. The lowest BCUT2D eigenvalue weighted by molar-refractivity contribution is -0.143. The summed E-state index contributed by atoms with van der Waals surface area (Å²) >= 11 is 0. The molecule has 0 aliphatic heterocycles. The van der Waals surface area contributed by atoms with Crippen LogP contribution < -0.4 is 11.5 Å². The van der Waals surface area contributed by atoms with E-state index in [1.807, 2.05) is 0 Å². The van der Waals surface area contributed by atoms with Crippen LogP contribution in [0, 0.1) is 0 Å². The van der Waals surface area contributed by atoms with Gasteiger partial charge in [0.05, 0.1) is 14.2 Å². The number of hydrogen-bond acceptors (Lipinski definition) is 6. The minimum Gasteiger partial charge on any atom is -0.468 e. The lowest BCUT2D eigenvalue weighted by Gasteiger charge is -2.13. The molecule has 0 fully saturated rings. The van der Waals surface area contributed by atoms with Gasteiger partial charge < -0.3 is 20.9 Å². The molecule has 6 nitrogen and oxygen atoms in total. The number of ether oxygens (including phenoxy) is 2. The molecular weight excluding hydrogens is 236 g/mol. The molecule has 18 heavy (non-hydrogen) atoms. The Morgan fingerprint density at radius 3 is 1.72 bits per heavy atom. The number of benzene rings is 1. The summed E-state index contributed by atoms with van der Waals surface area (Å²) in [5, 5.41) is 0. The Labute approximate surface area is 105 Å². The summed E-state index contributed by atoms with van der Waals surface area (Å²) in [6.07, 6.45) is 0. The van der Waals surface area contributed by atoms with Gasteiger partial charge in [0, 0.05) is 0 Å². The van der Waals surface area contributed by atoms with E-state index in [1.54, 1.807) is 24.3 Å². The van der Waals surface area contributed by atoms with E-state index in [-0.39, 0.29) is 0 Å². The molecule has 0 saturated carbocycles. The molecule has 0 spiro atoms. The van der Waals surface area contributed by atoms with Gasteiger partial charge in [0.25, 0.3) is 0 Å². The molecule has 1 rings (SSSR count). The van der Waals surface area contributed by atoms with E-state index in [9.17, 15) is 9.59 Å². The van der Waals surface area contributed by atoms with Crippen LogP contribution in [0.2, 0.25) is 0 Å². The smallest absolute Gasteiger partial charge is 0.327 e. The first kappa shape index (κ1) is 14.1. The van der Waals surface area contributed by atoms with Crippen LogP contribution in [-0.2, 0) is 19.1 Å². The summed E-state index contributed by atoms with van der Waals surface area (Å²) in [5.41, 5.74) is 12.4. The van der Waals surface area contributed by atoms with E-state index in [0.29, 0.717) is 11.1 Å². The predicted octanol–water partition coefficient (Wildman–Crippen LogP) is 0.0322. The topological polar surface area (TPSA) is 105 Å². The molecule has 6 heteroatoms. The third-order valence-corrected chi connectivity index (χ3v) is 2.54. The summed E-state index contributed by atoms with van der Waals surface area (Å²) in [7, 11) is 2.51. The fourth-order valence-corrected chi connectivity index (χ4v) is 1.47. The summed E-state index contributed by atoms with van der Waals surface area (Å²) in [6, 6.07) is 4.77. The highest BCUT2D eigenvalue weighted by Gasteiger charge is 2.20. The van der Waals surface area contributed by atoms with E-state index in [4.69, 9.17) is 11.5 Å². The molecule has 0 bridgehead atoms. The van der Waals surface area contributed by atoms with Gasteiger partial charge in [-0.1, -0.05) is 24.3 Å². The first-order valence-electron chi connectivity index (χ1n) is 5.28. The molecule has 1 aromatic rings. The van der Waals surface area contributed by atoms with E-state index >= 15 is 0 Å². The summed E-state index contributed by atoms with van der Waals surface area (Å²) in [4.78, 5) is 22.6. The van der Waals surface area contributed by atoms with Gasteiger partial charge in [0.15, 0.2) is 0 Å². The average molecular weight is 252 g/mol. The van der Waals surface area contributed by atoms with Crippen LogP contribution in [0.1, 0.15) is 23.2 Å². The van der Waals surface area contributed by atoms with Crippen LogP contribution in [0.25, 0.3) is 0 Å². The number of rotatable bonds is 4. The molecule has 0 amide bonds. The second-order valence-corrected chi connectivity index (χ2v) is 3.67. The van der Waals surface area contributed by atoms with Gasteiger partial charge in [0.1, 0.15) is 12.1 Å². The van der Waals surface area contributed by atoms with Crippen LogP contribution in [0.5, 0.6) is 0 Å². The van der Waals surface area contributed by atoms with Gasteiger partial charge in [-0.3, -0.25) is 9.59 Å². The minimum atomic E-state index is -0.903. The molecule has 2 unspecified atom stereocenters. The van der Waals surface area contributed by atoms with Crippen molar-refractivity contribution in [3.63, 3.8) is 0 Å². The van der Waals surface area contributed by atoms with Crippen LogP contribution >= 0.6 is 0 Å². The number of methoxy groups -OCH3 is 2. The highest BCUT2D eigenvalue weighted by atomic mass is 16.5. The van der Waals surface area contributed by atoms with Gasteiger partial charge in [-0.05, 0) is 11.1 Å². The maximum atomic E-state index is 11.3.